The Bertz CT molecular complexity index is 1190. The van der Waals surface area contributed by atoms with Crippen LogP contribution in [0, 0.1) is 0 Å². The van der Waals surface area contributed by atoms with Gasteiger partial charge in [-0.3, -0.25) is 0 Å². The van der Waals surface area contributed by atoms with Crippen molar-refractivity contribution < 1.29 is 45.3 Å². The number of alkyl halides is 8. The molecule has 0 heterocycles. The maximum atomic E-state index is 13.3. The first kappa shape index (κ1) is 29.4. The van der Waals surface area contributed by atoms with E-state index in [2.05, 4.69) is 4.74 Å². The summed E-state index contributed by atoms with van der Waals surface area (Å²) in [5.74, 6) is 0.111. The van der Waals surface area contributed by atoms with Crippen LogP contribution in [0.1, 0.15) is 23.4 Å². The number of nitrogens with zero attached hydrogens (tertiary/aromatic N) is 1. The van der Waals surface area contributed by atoms with E-state index < -0.39 is 37.1 Å². The Morgan fingerprint density at radius 1 is 0.868 bits per heavy atom. The van der Waals surface area contributed by atoms with Gasteiger partial charge in [0.05, 0.1) is 11.9 Å². The molecule has 0 fully saturated rings. The van der Waals surface area contributed by atoms with Crippen LogP contribution in [0.25, 0.3) is 0 Å². The van der Waals surface area contributed by atoms with Crippen molar-refractivity contribution in [2.24, 2.45) is 0 Å². The van der Waals surface area contributed by atoms with Gasteiger partial charge >= 0.3 is 18.7 Å². The lowest BCUT2D eigenvalue weighted by molar-refractivity contribution is -0.253. The van der Waals surface area contributed by atoms with Gasteiger partial charge < -0.3 is 19.5 Å². The smallest absolute Gasteiger partial charge is 0.457 e. The van der Waals surface area contributed by atoms with Gasteiger partial charge in [0.1, 0.15) is 17.2 Å². The Labute approximate surface area is 219 Å². The number of halogens is 8. The molecule has 0 spiro atoms. The van der Waals surface area contributed by atoms with Crippen LogP contribution in [0.4, 0.5) is 36.4 Å². The maximum absolute atomic E-state index is 13.3. The summed E-state index contributed by atoms with van der Waals surface area (Å²) in [6, 6.07) is 17.5. The van der Waals surface area contributed by atoms with E-state index in [1.807, 2.05) is 0 Å². The second-order valence-corrected chi connectivity index (χ2v) is 8.99. The Morgan fingerprint density at radius 2 is 1.50 bits per heavy atom. The summed E-state index contributed by atoms with van der Waals surface area (Å²) in [7, 11) is 0. The minimum Gasteiger partial charge on any atom is -0.457 e. The molecule has 4 nitrogen and oxygen atoms in total. The normalized spacial score (nSPS) is 13.8. The van der Waals surface area contributed by atoms with Gasteiger partial charge in [-0.05, 0) is 54.4 Å². The molecule has 0 saturated heterocycles. The Balaban J connectivity index is 1.87. The molecule has 2 atom stereocenters. The first-order valence-corrected chi connectivity index (χ1v) is 11.6. The maximum Gasteiger partial charge on any atom is 0.461 e. The molecule has 0 aromatic heterocycles. The first-order chi connectivity index (χ1) is 17.7. The number of hydrogen-bond donors (Lipinski definition) is 1. The summed E-state index contributed by atoms with van der Waals surface area (Å²) in [6.45, 7) is 0.584. The van der Waals surface area contributed by atoms with Crippen molar-refractivity contribution in [2.45, 2.75) is 43.7 Å². The van der Waals surface area contributed by atoms with Crippen LogP contribution in [0.5, 0.6) is 17.2 Å². The molecule has 3 aromatic rings. The summed E-state index contributed by atoms with van der Waals surface area (Å²) < 4.78 is 101. The highest BCUT2D eigenvalue weighted by molar-refractivity contribution is 6.20. The summed E-state index contributed by atoms with van der Waals surface area (Å²) in [5, 5.41) is 9.51. The van der Waals surface area contributed by atoms with E-state index in [0.29, 0.717) is 5.75 Å². The summed E-state index contributed by atoms with van der Waals surface area (Å²) in [6.07, 6.45) is -16.5. The lowest BCUT2D eigenvalue weighted by Gasteiger charge is -2.29. The molecule has 3 rings (SSSR count). The molecular formula is C26H23ClF7NO3. The Hall–Kier alpha value is -3.18. The molecule has 0 aliphatic carbocycles. The van der Waals surface area contributed by atoms with Gasteiger partial charge in [0, 0.05) is 18.3 Å². The molecule has 38 heavy (non-hydrogen) atoms. The molecule has 3 aromatic carbocycles. The number of ether oxygens (including phenoxy) is 2. The zero-order valence-electron chi connectivity index (χ0n) is 19.8. The average molecular weight is 566 g/mol. The molecular weight excluding hydrogens is 543 g/mol. The number of aliphatic hydroxyl groups excluding tert-OH is 1. The Morgan fingerprint density at radius 3 is 2.11 bits per heavy atom. The van der Waals surface area contributed by atoms with Crippen LogP contribution in [0.2, 0.25) is 0 Å². The van der Waals surface area contributed by atoms with Crippen molar-refractivity contribution in [1.29, 1.82) is 0 Å². The molecule has 0 bridgehead atoms. The highest BCUT2D eigenvalue weighted by Gasteiger charge is 2.44. The minimum absolute atomic E-state index is 0.166. The fourth-order valence-corrected chi connectivity index (χ4v) is 3.53. The molecule has 0 aliphatic heterocycles. The molecule has 1 N–H and O–H groups in total. The summed E-state index contributed by atoms with van der Waals surface area (Å²) in [4.78, 5) is 1.15. The first-order valence-electron chi connectivity index (χ1n) is 11.2. The third kappa shape index (κ3) is 8.16. The van der Waals surface area contributed by atoms with Gasteiger partial charge in [0.15, 0.2) is 6.10 Å². The lowest BCUT2D eigenvalue weighted by atomic mass is 10.1. The molecule has 0 amide bonds. The topological polar surface area (TPSA) is 41.9 Å². The number of anilines is 1. The fourth-order valence-electron chi connectivity index (χ4n) is 3.38. The number of rotatable bonds is 11. The average Bonchev–Trinajstić information content (AvgIpc) is 2.83. The minimum atomic E-state index is -4.93. The van der Waals surface area contributed by atoms with E-state index in [1.54, 1.807) is 37.3 Å². The number of hydrogen-bond acceptors (Lipinski definition) is 4. The van der Waals surface area contributed by atoms with Gasteiger partial charge in [-0.1, -0.05) is 30.3 Å². The third-order valence-electron chi connectivity index (χ3n) is 5.31. The zero-order valence-corrected chi connectivity index (χ0v) is 20.6. The van der Waals surface area contributed by atoms with Crippen LogP contribution >= 0.6 is 11.6 Å². The second-order valence-electron chi connectivity index (χ2n) is 8.33. The van der Waals surface area contributed by atoms with Gasteiger partial charge in [-0.2, -0.15) is 30.7 Å². The lowest BCUT2D eigenvalue weighted by Crippen LogP contribution is -2.40. The van der Waals surface area contributed by atoms with Gasteiger partial charge in [-0.15, -0.1) is 11.6 Å². The van der Waals surface area contributed by atoms with Crippen LogP contribution in [0.15, 0.2) is 72.8 Å². The quantitative estimate of drug-likeness (QED) is 0.189. The fraction of sp³-hybridized carbons (Fsp3) is 0.308. The van der Waals surface area contributed by atoms with Crippen molar-refractivity contribution >= 4 is 17.3 Å². The monoisotopic (exact) mass is 565 g/mol. The highest BCUT2D eigenvalue weighted by atomic mass is 35.5. The van der Waals surface area contributed by atoms with E-state index in [-0.39, 0.29) is 28.9 Å². The zero-order chi connectivity index (χ0) is 28.1. The van der Waals surface area contributed by atoms with E-state index in [4.69, 9.17) is 16.3 Å². The van der Waals surface area contributed by atoms with E-state index in [9.17, 15) is 35.8 Å². The number of benzene rings is 3. The van der Waals surface area contributed by atoms with Crippen molar-refractivity contribution in [3.8, 4) is 17.2 Å². The molecule has 0 aliphatic rings. The van der Waals surface area contributed by atoms with Crippen molar-refractivity contribution in [2.75, 3.05) is 11.4 Å². The van der Waals surface area contributed by atoms with Gasteiger partial charge in [0.25, 0.3) is 0 Å². The third-order valence-corrected chi connectivity index (χ3v) is 5.56. The van der Waals surface area contributed by atoms with Crippen molar-refractivity contribution in [1.82, 2.24) is 0 Å². The van der Waals surface area contributed by atoms with Crippen LogP contribution < -0.4 is 14.4 Å². The second kappa shape index (κ2) is 12.1. The van der Waals surface area contributed by atoms with Crippen LogP contribution in [0.3, 0.4) is 0 Å². The summed E-state index contributed by atoms with van der Waals surface area (Å²) in [5.41, 5.74) is 1.23. The molecule has 206 valence electrons. The van der Waals surface area contributed by atoms with Crippen LogP contribution in [-0.4, -0.2) is 36.5 Å². The van der Waals surface area contributed by atoms with Gasteiger partial charge in [-0.25, -0.2) is 0 Å². The van der Waals surface area contributed by atoms with E-state index in [0.717, 1.165) is 22.6 Å². The summed E-state index contributed by atoms with van der Waals surface area (Å²) >= 11 is 6.04. The van der Waals surface area contributed by atoms with Crippen molar-refractivity contribution in [3.05, 3.63) is 83.9 Å². The SMILES string of the molecule is CC(Cl)c1ccc(Oc2cccc(N(Cc3cccc(OC(F)(F)C(F)F)c3)C[C@@H](O)C(F)(F)F)c2)cc1. The van der Waals surface area contributed by atoms with Crippen molar-refractivity contribution in [3.63, 3.8) is 0 Å². The predicted molar refractivity (Wildman–Crippen MR) is 128 cm³/mol. The number of aliphatic hydroxyl groups is 1. The molecule has 0 radical (unpaired) electrons. The molecule has 0 saturated carbocycles. The Kier molecular flexibility index (Phi) is 9.37. The van der Waals surface area contributed by atoms with Gasteiger partial charge in [0.2, 0.25) is 0 Å². The molecule has 1 unspecified atom stereocenters. The van der Waals surface area contributed by atoms with E-state index in [1.165, 1.54) is 30.3 Å². The molecule has 12 heteroatoms. The highest BCUT2D eigenvalue weighted by Crippen LogP contribution is 2.32. The largest absolute Gasteiger partial charge is 0.461 e. The van der Waals surface area contributed by atoms with Crippen LogP contribution in [-0.2, 0) is 6.54 Å². The predicted octanol–water partition coefficient (Wildman–Crippen LogP) is 7.95. The van der Waals surface area contributed by atoms with E-state index >= 15 is 0 Å². The standard InChI is InChI=1S/C26H23ClF7NO3/c1-16(27)18-8-10-20(11-9-18)37-21-6-3-5-19(13-21)35(15-23(36)25(30,31)32)14-17-4-2-7-22(12-17)38-26(33,34)24(28)29/h2-13,16,23-24,36H,14-15H2,1H3/t16?,23-/m1/s1.